The van der Waals surface area contributed by atoms with Gasteiger partial charge in [-0.2, -0.15) is 0 Å². The van der Waals surface area contributed by atoms with Crippen LogP contribution in [0.25, 0.3) is 0 Å². The third-order valence-corrected chi connectivity index (χ3v) is 3.33. The fourth-order valence-corrected chi connectivity index (χ4v) is 2.01. The van der Waals surface area contributed by atoms with Crippen LogP contribution in [0.2, 0.25) is 0 Å². The van der Waals surface area contributed by atoms with Crippen LogP contribution in [0, 0.1) is 5.41 Å². The molecule has 2 N–H and O–H groups in total. The van der Waals surface area contributed by atoms with Crippen molar-refractivity contribution in [1.29, 1.82) is 0 Å². The molecule has 0 radical (unpaired) electrons. The van der Waals surface area contributed by atoms with Gasteiger partial charge in [-0.15, -0.1) is 0 Å². The Labute approximate surface area is 128 Å². The second kappa shape index (κ2) is 8.62. The molecule has 1 rings (SSSR count). The summed E-state index contributed by atoms with van der Waals surface area (Å²) in [7, 11) is 3.52. The number of aromatic nitrogens is 1. The highest BCUT2D eigenvalue weighted by molar-refractivity contribution is 5.79. The van der Waals surface area contributed by atoms with Gasteiger partial charge in [-0.05, 0) is 17.5 Å². The highest BCUT2D eigenvalue weighted by atomic mass is 16.5. The van der Waals surface area contributed by atoms with Crippen molar-refractivity contribution in [2.75, 3.05) is 27.2 Å². The lowest BCUT2D eigenvalue weighted by Crippen LogP contribution is -2.45. The molecule has 1 aromatic rings. The summed E-state index contributed by atoms with van der Waals surface area (Å²) in [5.41, 5.74) is 1.17. The van der Waals surface area contributed by atoms with Crippen molar-refractivity contribution in [2.24, 2.45) is 10.4 Å². The topological polar surface area (TPSA) is 58.5 Å². The molecular weight excluding hydrogens is 264 g/mol. The van der Waals surface area contributed by atoms with Crippen molar-refractivity contribution in [3.63, 3.8) is 0 Å². The molecule has 21 heavy (non-hydrogen) atoms. The fourth-order valence-electron chi connectivity index (χ4n) is 2.01. The van der Waals surface area contributed by atoms with Crippen LogP contribution in [0.1, 0.15) is 26.5 Å². The van der Waals surface area contributed by atoms with Gasteiger partial charge in [-0.25, -0.2) is 0 Å². The minimum Gasteiger partial charge on any atom is -0.379 e. The quantitative estimate of drug-likeness (QED) is 0.620. The molecule has 118 valence electrons. The molecule has 0 aromatic carbocycles. The maximum atomic E-state index is 5.53. The Hall–Kier alpha value is -1.62. The standard InChI is InChI=1S/C16H28N4O/c1-16(2,3)14(21-5)12-20-15(17-4)19-11-9-13-8-6-7-10-18-13/h6-8,10,14H,9,11-12H2,1-5H3,(H2,17,19,20). The van der Waals surface area contributed by atoms with Crippen molar-refractivity contribution in [3.8, 4) is 0 Å². The number of nitrogens with zero attached hydrogens (tertiary/aromatic N) is 2. The Morgan fingerprint density at radius 3 is 2.62 bits per heavy atom. The molecular formula is C16H28N4O. The number of hydrogen-bond acceptors (Lipinski definition) is 3. The molecule has 5 nitrogen and oxygen atoms in total. The van der Waals surface area contributed by atoms with Gasteiger partial charge in [0.2, 0.25) is 0 Å². The molecule has 0 saturated heterocycles. The zero-order valence-corrected chi connectivity index (χ0v) is 13.8. The van der Waals surface area contributed by atoms with Crippen LogP contribution in [0.15, 0.2) is 29.4 Å². The maximum absolute atomic E-state index is 5.53. The van der Waals surface area contributed by atoms with Gasteiger partial charge in [0.05, 0.1) is 6.10 Å². The van der Waals surface area contributed by atoms with Crippen LogP contribution in [0.3, 0.4) is 0 Å². The van der Waals surface area contributed by atoms with Crippen molar-refractivity contribution in [1.82, 2.24) is 15.6 Å². The first kappa shape index (κ1) is 17.4. The van der Waals surface area contributed by atoms with Crippen molar-refractivity contribution >= 4 is 5.96 Å². The van der Waals surface area contributed by atoms with Gasteiger partial charge in [0.25, 0.3) is 0 Å². The van der Waals surface area contributed by atoms with Gasteiger partial charge in [0, 0.05) is 45.6 Å². The van der Waals surface area contributed by atoms with Crippen LogP contribution < -0.4 is 10.6 Å². The number of aliphatic imine (C=N–C) groups is 1. The smallest absolute Gasteiger partial charge is 0.191 e. The normalized spacial score (nSPS) is 13.9. The van der Waals surface area contributed by atoms with E-state index in [0.717, 1.165) is 31.2 Å². The lowest BCUT2D eigenvalue weighted by atomic mass is 9.89. The predicted octanol–water partition coefficient (Wildman–Crippen LogP) is 1.85. The summed E-state index contributed by atoms with van der Waals surface area (Å²) in [4.78, 5) is 8.53. The maximum Gasteiger partial charge on any atom is 0.191 e. The number of nitrogens with one attached hydrogen (secondary N) is 2. The summed E-state index contributed by atoms with van der Waals surface area (Å²) < 4.78 is 5.53. The molecule has 0 saturated carbocycles. The minimum atomic E-state index is 0.0918. The molecule has 0 aliphatic carbocycles. The number of hydrogen-bond donors (Lipinski definition) is 2. The summed E-state index contributed by atoms with van der Waals surface area (Å²) in [6.45, 7) is 8.02. The van der Waals surface area contributed by atoms with Crippen molar-refractivity contribution in [3.05, 3.63) is 30.1 Å². The predicted molar refractivity (Wildman–Crippen MR) is 87.6 cm³/mol. The number of rotatable bonds is 6. The largest absolute Gasteiger partial charge is 0.379 e. The van der Waals surface area contributed by atoms with Gasteiger partial charge in [0.1, 0.15) is 0 Å². The summed E-state index contributed by atoms with van der Waals surface area (Å²) in [6, 6.07) is 5.95. The monoisotopic (exact) mass is 292 g/mol. The van der Waals surface area contributed by atoms with Crippen LogP contribution >= 0.6 is 0 Å². The second-order valence-corrected chi connectivity index (χ2v) is 6.04. The van der Waals surface area contributed by atoms with Crippen molar-refractivity contribution < 1.29 is 4.74 Å². The lowest BCUT2D eigenvalue weighted by molar-refractivity contribution is 0.0205. The first-order valence-electron chi connectivity index (χ1n) is 7.34. The van der Waals surface area contributed by atoms with E-state index in [2.05, 4.69) is 41.4 Å². The van der Waals surface area contributed by atoms with Crippen LogP contribution in [-0.4, -0.2) is 44.3 Å². The molecule has 0 fully saturated rings. The average molecular weight is 292 g/mol. The number of pyridine rings is 1. The zero-order chi connectivity index (χ0) is 15.7. The molecule has 1 aromatic heterocycles. The summed E-state index contributed by atoms with van der Waals surface area (Å²) in [5.74, 6) is 0.789. The van der Waals surface area contributed by atoms with E-state index < -0.39 is 0 Å². The van der Waals surface area contributed by atoms with Gasteiger partial charge in [-0.3, -0.25) is 9.98 Å². The Balaban J connectivity index is 2.35. The Morgan fingerprint density at radius 1 is 1.33 bits per heavy atom. The molecule has 5 heteroatoms. The van der Waals surface area contributed by atoms with Crippen LogP contribution in [-0.2, 0) is 11.2 Å². The van der Waals surface area contributed by atoms with Gasteiger partial charge < -0.3 is 15.4 Å². The molecule has 1 unspecified atom stereocenters. The lowest BCUT2D eigenvalue weighted by Gasteiger charge is -2.30. The number of methoxy groups -OCH3 is 1. The molecule has 0 aliphatic rings. The van der Waals surface area contributed by atoms with Gasteiger partial charge in [-0.1, -0.05) is 26.8 Å². The fraction of sp³-hybridized carbons (Fsp3) is 0.625. The third kappa shape index (κ3) is 6.58. The number of guanidine groups is 1. The van der Waals surface area contributed by atoms with Gasteiger partial charge >= 0.3 is 0 Å². The van der Waals surface area contributed by atoms with Crippen molar-refractivity contribution in [2.45, 2.75) is 33.3 Å². The van der Waals surface area contributed by atoms with E-state index in [4.69, 9.17) is 4.74 Å². The summed E-state index contributed by atoms with van der Waals surface area (Å²) >= 11 is 0. The van der Waals surface area contributed by atoms with Crippen LogP contribution in [0.5, 0.6) is 0 Å². The molecule has 0 amide bonds. The Kier molecular flexibility index (Phi) is 7.15. The van der Waals surface area contributed by atoms with Gasteiger partial charge in [0.15, 0.2) is 5.96 Å². The summed E-state index contributed by atoms with van der Waals surface area (Å²) in [6.07, 6.45) is 2.82. The highest BCUT2D eigenvalue weighted by Gasteiger charge is 2.24. The molecule has 0 bridgehead atoms. The number of ether oxygens (including phenoxy) is 1. The highest BCUT2D eigenvalue weighted by Crippen LogP contribution is 2.20. The first-order chi connectivity index (χ1) is 9.97. The molecule has 1 atom stereocenters. The van der Waals surface area contributed by atoms with E-state index in [-0.39, 0.29) is 11.5 Å². The SMILES string of the molecule is CN=C(NCCc1ccccn1)NCC(OC)C(C)(C)C. The van der Waals surface area contributed by atoms with E-state index in [9.17, 15) is 0 Å². The Bertz CT molecular complexity index is 426. The molecule has 0 spiro atoms. The van der Waals surface area contributed by atoms with E-state index in [1.54, 1.807) is 14.2 Å². The average Bonchev–Trinajstić information content (AvgIpc) is 2.45. The summed E-state index contributed by atoms with van der Waals surface area (Å²) in [5, 5.41) is 6.60. The Morgan fingerprint density at radius 2 is 2.10 bits per heavy atom. The van der Waals surface area contributed by atoms with E-state index in [0.29, 0.717) is 0 Å². The third-order valence-electron chi connectivity index (χ3n) is 3.33. The van der Waals surface area contributed by atoms with E-state index in [1.807, 2.05) is 24.4 Å². The first-order valence-corrected chi connectivity index (χ1v) is 7.34. The molecule has 1 heterocycles. The van der Waals surface area contributed by atoms with E-state index in [1.165, 1.54) is 0 Å². The second-order valence-electron chi connectivity index (χ2n) is 6.04. The zero-order valence-electron chi connectivity index (χ0n) is 13.8. The minimum absolute atomic E-state index is 0.0918. The molecule has 0 aliphatic heterocycles. The van der Waals surface area contributed by atoms with E-state index >= 15 is 0 Å². The van der Waals surface area contributed by atoms with Crippen LogP contribution in [0.4, 0.5) is 0 Å².